The van der Waals surface area contributed by atoms with Crippen molar-refractivity contribution < 1.29 is 14.4 Å². The van der Waals surface area contributed by atoms with Crippen molar-refractivity contribution in [1.29, 1.82) is 0 Å². The molecule has 178 valence electrons. The Morgan fingerprint density at radius 1 is 1.03 bits per heavy atom. The van der Waals surface area contributed by atoms with E-state index in [1.54, 1.807) is 4.90 Å². The molecule has 3 aliphatic heterocycles. The van der Waals surface area contributed by atoms with Crippen LogP contribution >= 0.6 is 0 Å². The summed E-state index contributed by atoms with van der Waals surface area (Å²) in [6.45, 7) is 5.94. The third-order valence-electron chi connectivity index (χ3n) is 7.00. The molecule has 0 bridgehead atoms. The Balaban J connectivity index is 1.17. The molecule has 2 unspecified atom stereocenters. The number of nitrogens with zero attached hydrogens (tertiary/aromatic N) is 2. The molecule has 0 saturated carbocycles. The van der Waals surface area contributed by atoms with Crippen molar-refractivity contribution in [3.05, 3.63) is 70.8 Å². The normalized spacial score (nSPS) is 23.2. The van der Waals surface area contributed by atoms with Crippen LogP contribution in [0.5, 0.6) is 0 Å². The molecule has 0 aromatic heterocycles. The number of imide groups is 1. The number of fused-ring (bicyclic) bond motifs is 1. The maximum Gasteiger partial charge on any atom is 0.255 e. The summed E-state index contributed by atoms with van der Waals surface area (Å²) in [6.07, 6.45) is 0.650. The minimum Gasteiger partial charge on any atom is -0.322 e. The highest BCUT2D eigenvalue weighted by Crippen LogP contribution is 2.28. The Morgan fingerprint density at radius 2 is 1.88 bits per heavy atom. The number of carbonyl (C=O) groups excluding carboxylic acids is 3. The number of amides is 3. The minimum absolute atomic E-state index is 0.131. The van der Waals surface area contributed by atoms with Crippen molar-refractivity contribution >= 4 is 17.7 Å². The SMILES string of the molecule is O=C1CCC(N2Cc3cc(CNCC4CNCCN4Cc4ccccc4)ccc3C2=O)C(=O)N1. The van der Waals surface area contributed by atoms with Gasteiger partial charge in [-0.2, -0.15) is 0 Å². The Bertz CT molecular complexity index is 1070. The van der Waals surface area contributed by atoms with E-state index in [1.165, 1.54) is 5.56 Å². The van der Waals surface area contributed by atoms with Gasteiger partial charge in [-0.3, -0.25) is 24.6 Å². The van der Waals surface area contributed by atoms with Gasteiger partial charge in [0.2, 0.25) is 11.8 Å². The summed E-state index contributed by atoms with van der Waals surface area (Å²) in [5, 5.41) is 9.45. The van der Waals surface area contributed by atoms with Crippen molar-refractivity contribution in [2.45, 2.75) is 44.6 Å². The first-order chi connectivity index (χ1) is 16.6. The van der Waals surface area contributed by atoms with Crippen LogP contribution in [0.15, 0.2) is 48.5 Å². The van der Waals surface area contributed by atoms with Gasteiger partial charge in [-0.25, -0.2) is 0 Å². The molecule has 0 radical (unpaired) electrons. The van der Waals surface area contributed by atoms with Gasteiger partial charge < -0.3 is 15.5 Å². The summed E-state index contributed by atoms with van der Waals surface area (Å²) in [5.74, 6) is -0.774. The van der Waals surface area contributed by atoms with Gasteiger partial charge in [0.1, 0.15) is 6.04 Å². The molecule has 2 atom stereocenters. The second-order valence-electron chi connectivity index (χ2n) is 9.34. The van der Waals surface area contributed by atoms with Gasteiger partial charge >= 0.3 is 0 Å². The van der Waals surface area contributed by atoms with Gasteiger partial charge in [0.25, 0.3) is 5.91 Å². The van der Waals surface area contributed by atoms with Gasteiger partial charge in [-0.15, -0.1) is 0 Å². The number of piperidine rings is 1. The summed E-state index contributed by atoms with van der Waals surface area (Å²) in [7, 11) is 0. The molecule has 8 heteroatoms. The lowest BCUT2D eigenvalue weighted by Crippen LogP contribution is -2.54. The number of hydrogen-bond donors (Lipinski definition) is 3. The predicted molar refractivity (Wildman–Crippen MR) is 128 cm³/mol. The molecule has 3 heterocycles. The van der Waals surface area contributed by atoms with E-state index in [0.29, 0.717) is 24.6 Å². The molecule has 0 spiro atoms. The minimum atomic E-state index is -0.575. The molecular weight excluding hydrogens is 430 g/mol. The van der Waals surface area contributed by atoms with Crippen LogP contribution in [0.4, 0.5) is 0 Å². The van der Waals surface area contributed by atoms with Crippen LogP contribution in [0.3, 0.4) is 0 Å². The summed E-state index contributed by atoms with van der Waals surface area (Å²) in [4.78, 5) is 40.7. The zero-order valence-corrected chi connectivity index (χ0v) is 19.3. The van der Waals surface area contributed by atoms with Crippen LogP contribution in [-0.4, -0.2) is 65.8 Å². The van der Waals surface area contributed by atoms with Crippen molar-refractivity contribution in [2.24, 2.45) is 0 Å². The standard InChI is InChI=1S/C26H31N5O3/c32-24-9-8-23(25(33)29-24)31-17-20-12-19(6-7-22(20)26(31)34)13-28-15-21-14-27-10-11-30(21)16-18-4-2-1-3-5-18/h1-7,12,21,23,27-28H,8-11,13-17H2,(H,29,32,33). The molecule has 2 aromatic carbocycles. The van der Waals surface area contributed by atoms with Crippen LogP contribution in [-0.2, 0) is 29.2 Å². The van der Waals surface area contributed by atoms with Crippen LogP contribution < -0.4 is 16.0 Å². The van der Waals surface area contributed by atoms with Gasteiger partial charge in [0.15, 0.2) is 0 Å². The maximum absolute atomic E-state index is 12.9. The average Bonchev–Trinajstić information content (AvgIpc) is 3.16. The Labute approximate surface area is 199 Å². The van der Waals surface area contributed by atoms with Crippen molar-refractivity contribution in [3.8, 4) is 0 Å². The van der Waals surface area contributed by atoms with E-state index in [0.717, 1.165) is 50.4 Å². The molecule has 2 aromatic rings. The molecule has 8 nitrogen and oxygen atoms in total. The molecule has 3 amide bonds. The van der Waals surface area contributed by atoms with Gasteiger partial charge in [-0.1, -0.05) is 42.5 Å². The Kier molecular flexibility index (Phi) is 6.71. The Hall–Kier alpha value is -3.07. The van der Waals surface area contributed by atoms with Crippen LogP contribution in [0, 0.1) is 0 Å². The quantitative estimate of drug-likeness (QED) is 0.533. The first-order valence-electron chi connectivity index (χ1n) is 12.0. The first-order valence-corrected chi connectivity index (χ1v) is 12.0. The van der Waals surface area contributed by atoms with E-state index >= 15 is 0 Å². The molecule has 2 fully saturated rings. The van der Waals surface area contributed by atoms with E-state index in [-0.39, 0.29) is 24.1 Å². The third-order valence-corrected chi connectivity index (χ3v) is 7.00. The lowest BCUT2D eigenvalue weighted by Gasteiger charge is -2.36. The number of piperazine rings is 1. The summed E-state index contributed by atoms with van der Waals surface area (Å²) >= 11 is 0. The number of hydrogen-bond acceptors (Lipinski definition) is 6. The van der Waals surface area contributed by atoms with Crippen molar-refractivity contribution in [1.82, 2.24) is 25.8 Å². The zero-order valence-electron chi connectivity index (χ0n) is 19.3. The van der Waals surface area contributed by atoms with Gasteiger partial charge in [0.05, 0.1) is 0 Å². The van der Waals surface area contributed by atoms with Gasteiger partial charge in [-0.05, 0) is 29.2 Å². The van der Waals surface area contributed by atoms with E-state index in [9.17, 15) is 14.4 Å². The average molecular weight is 462 g/mol. The second-order valence-corrected chi connectivity index (χ2v) is 9.34. The van der Waals surface area contributed by atoms with E-state index in [1.807, 2.05) is 12.1 Å². The molecule has 0 aliphatic carbocycles. The van der Waals surface area contributed by atoms with E-state index in [4.69, 9.17) is 0 Å². The number of carbonyl (C=O) groups is 3. The predicted octanol–water partition coefficient (Wildman–Crippen LogP) is 1.01. The van der Waals surface area contributed by atoms with E-state index < -0.39 is 6.04 Å². The van der Waals surface area contributed by atoms with Crippen molar-refractivity contribution in [2.75, 3.05) is 26.2 Å². The molecule has 3 N–H and O–H groups in total. The summed E-state index contributed by atoms with van der Waals surface area (Å²) in [5.41, 5.74) is 4.05. The maximum atomic E-state index is 12.9. The fourth-order valence-electron chi connectivity index (χ4n) is 5.15. The fraction of sp³-hybridized carbons (Fsp3) is 0.423. The van der Waals surface area contributed by atoms with Crippen LogP contribution in [0.25, 0.3) is 0 Å². The largest absolute Gasteiger partial charge is 0.322 e. The highest BCUT2D eigenvalue weighted by atomic mass is 16.2. The summed E-state index contributed by atoms with van der Waals surface area (Å²) in [6, 6.07) is 16.3. The van der Waals surface area contributed by atoms with Gasteiger partial charge in [0, 0.05) is 63.8 Å². The van der Waals surface area contributed by atoms with E-state index in [2.05, 4.69) is 57.2 Å². The molecule has 3 aliphatic rings. The second kappa shape index (κ2) is 10.0. The number of rotatable bonds is 7. The third kappa shape index (κ3) is 4.89. The smallest absolute Gasteiger partial charge is 0.255 e. The number of benzene rings is 2. The lowest BCUT2D eigenvalue weighted by molar-refractivity contribution is -0.136. The molecule has 2 saturated heterocycles. The Morgan fingerprint density at radius 3 is 2.71 bits per heavy atom. The summed E-state index contributed by atoms with van der Waals surface area (Å²) < 4.78 is 0. The molecule has 5 rings (SSSR count). The highest BCUT2D eigenvalue weighted by Gasteiger charge is 2.39. The topological polar surface area (TPSA) is 93.8 Å². The molecule has 34 heavy (non-hydrogen) atoms. The zero-order chi connectivity index (χ0) is 23.5. The number of nitrogens with one attached hydrogen (secondary N) is 3. The highest BCUT2D eigenvalue weighted by molar-refractivity contribution is 6.05. The van der Waals surface area contributed by atoms with Crippen LogP contribution in [0.2, 0.25) is 0 Å². The fourth-order valence-corrected chi connectivity index (χ4v) is 5.15. The lowest BCUT2D eigenvalue weighted by atomic mass is 10.0. The first kappa shape index (κ1) is 22.7. The van der Waals surface area contributed by atoms with Crippen LogP contribution in [0.1, 0.15) is 39.9 Å². The molecular formula is C26H31N5O3. The van der Waals surface area contributed by atoms with Crippen molar-refractivity contribution in [3.63, 3.8) is 0 Å². The monoisotopic (exact) mass is 461 g/mol.